The summed E-state index contributed by atoms with van der Waals surface area (Å²) in [6.07, 6.45) is 1.63. The standard InChI is InChI=1S/C25H28ClN5O5S/c26-22-6-2-1-5-21(22)24-28-23(36-29-24)17-30-11-3-4-18(16-30)25(32)27-19-7-9-20(10-8-19)37(33,34)31-12-14-35-15-13-31/h1-2,5-10,18H,3-4,11-17H2,(H,27,32). The molecule has 1 aromatic heterocycles. The first-order chi connectivity index (χ1) is 17.9. The largest absolute Gasteiger partial charge is 0.379 e. The Balaban J connectivity index is 1.17. The smallest absolute Gasteiger partial charge is 0.243 e. The number of carbonyl (C=O) groups is 1. The van der Waals surface area contributed by atoms with Crippen LogP contribution in [0.3, 0.4) is 0 Å². The number of amides is 1. The molecule has 0 spiro atoms. The number of nitrogens with zero attached hydrogens (tertiary/aromatic N) is 4. The van der Waals surface area contributed by atoms with Crippen LogP contribution in [0.5, 0.6) is 0 Å². The summed E-state index contributed by atoms with van der Waals surface area (Å²) in [6, 6.07) is 13.6. The van der Waals surface area contributed by atoms with Crippen molar-refractivity contribution < 1.29 is 22.5 Å². The molecule has 37 heavy (non-hydrogen) atoms. The number of likely N-dealkylation sites (tertiary alicyclic amines) is 1. The Morgan fingerprint density at radius 2 is 1.84 bits per heavy atom. The van der Waals surface area contributed by atoms with E-state index in [1.807, 2.05) is 18.2 Å². The van der Waals surface area contributed by atoms with Crippen LogP contribution in [0.2, 0.25) is 5.02 Å². The van der Waals surface area contributed by atoms with Crippen molar-refractivity contribution in [3.8, 4) is 11.4 Å². The number of hydrogen-bond donors (Lipinski definition) is 1. The lowest BCUT2D eigenvalue weighted by Gasteiger charge is -2.30. The molecule has 0 bridgehead atoms. The first-order valence-corrected chi connectivity index (χ1v) is 14.0. The molecule has 3 aromatic rings. The molecule has 10 nitrogen and oxygen atoms in total. The molecule has 196 valence electrons. The lowest BCUT2D eigenvalue weighted by atomic mass is 9.97. The molecule has 0 radical (unpaired) electrons. The summed E-state index contributed by atoms with van der Waals surface area (Å²) in [7, 11) is -3.58. The fourth-order valence-corrected chi connectivity index (χ4v) is 6.19. The molecule has 1 amide bonds. The third-order valence-corrected chi connectivity index (χ3v) is 8.79. The molecule has 0 saturated carbocycles. The molecule has 2 aliphatic heterocycles. The van der Waals surface area contributed by atoms with Crippen molar-refractivity contribution in [1.29, 1.82) is 0 Å². The van der Waals surface area contributed by atoms with Gasteiger partial charge in [0.15, 0.2) is 0 Å². The average molecular weight is 546 g/mol. The predicted molar refractivity (Wildman–Crippen MR) is 137 cm³/mol. The summed E-state index contributed by atoms with van der Waals surface area (Å²) in [5.74, 6) is 0.589. The second kappa shape index (κ2) is 11.3. The van der Waals surface area contributed by atoms with Gasteiger partial charge in [-0.3, -0.25) is 9.69 Å². The highest BCUT2D eigenvalue weighted by Gasteiger charge is 2.28. The van der Waals surface area contributed by atoms with Crippen LogP contribution >= 0.6 is 11.6 Å². The molecule has 1 N–H and O–H groups in total. The van der Waals surface area contributed by atoms with E-state index in [1.54, 1.807) is 18.2 Å². The van der Waals surface area contributed by atoms with Crippen LogP contribution in [0, 0.1) is 5.92 Å². The molecule has 0 aliphatic carbocycles. The molecule has 1 atom stereocenters. The number of ether oxygens (including phenoxy) is 1. The number of benzene rings is 2. The summed E-state index contributed by atoms with van der Waals surface area (Å²) in [6.45, 7) is 3.27. The predicted octanol–water partition coefficient (Wildman–Crippen LogP) is 3.26. The SMILES string of the molecule is O=C(Nc1ccc(S(=O)(=O)N2CCOCC2)cc1)C1CCCN(Cc2nc(-c3ccccc3Cl)no2)C1. The fraction of sp³-hybridized carbons (Fsp3) is 0.400. The van der Waals surface area contributed by atoms with Gasteiger partial charge >= 0.3 is 0 Å². The Labute approximate surface area is 220 Å². The van der Waals surface area contributed by atoms with E-state index in [1.165, 1.54) is 16.4 Å². The van der Waals surface area contributed by atoms with E-state index in [0.29, 0.717) is 67.4 Å². The van der Waals surface area contributed by atoms with E-state index in [4.69, 9.17) is 20.9 Å². The third kappa shape index (κ3) is 6.02. The lowest BCUT2D eigenvalue weighted by molar-refractivity contribution is -0.121. The van der Waals surface area contributed by atoms with E-state index in [2.05, 4.69) is 20.4 Å². The Morgan fingerprint density at radius 3 is 2.59 bits per heavy atom. The summed E-state index contributed by atoms with van der Waals surface area (Å²) < 4.78 is 37.7. The van der Waals surface area contributed by atoms with E-state index >= 15 is 0 Å². The van der Waals surface area contributed by atoms with E-state index in [9.17, 15) is 13.2 Å². The van der Waals surface area contributed by atoms with Crippen molar-refractivity contribution in [2.75, 3.05) is 44.7 Å². The summed E-state index contributed by atoms with van der Waals surface area (Å²) in [5, 5.41) is 7.53. The molecule has 5 rings (SSSR count). The first-order valence-electron chi connectivity index (χ1n) is 12.2. The van der Waals surface area contributed by atoms with Crippen molar-refractivity contribution in [1.82, 2.24) is 19.3 Å². The zero-order valence-corrected chi connectivity index (χ0v) is 21.7. The van der Waals surface area contributed by atoms with E-state index in [0.717, 1.165) is 19.4 Å². The summed E-state index contributed by atoms with van der Waals surface area (Å²) in [5.41, 5.74) is 1.27. The fourth-order valence-electron chi connectivity index (χ4n) is 4.57. The topological polar surface area (TPSA) is 118 Å². The molecule has 2 fully saturated rings. The summed E-state index contributed by atoms with van der Waals surface area (Å²) in [4.78, 5) is 19.8. The maximum Gasteiger partial charge on any atom is 0.243 e. The monoisotopic (exact) mass is 545 g/mol. The minimum Gasteiger partial charge on any atom is -0.379 e. The minimum atomic E-state index is -3.58. The molecule has 12 heteroatoms. The van der Waals surface area contributed by atoms with Gasteiger partial charge in [0.2, 0.25) is 27.6 Å². The Morgan fingerprint density at radius 1 is 1.08 bits per heavy atom. The van der Waals surface area contributed by atoms with Gasteiger partial charge in [0.1, 0.15) is 0 Å². The molecule has 2 aliphatic rings. The van der Waals surface area contributed by atoms with Crippen molar-refractivity contribution in [3.63, 3.8) is 0 Å². The third-order valence-electron chi connectivity index (χ3n) is 6.55. The molecule has 1 unspecified atom stereocenters. The van der Waals surface area contributed by atoms with Crippen molar-refractivity contribution in [2.45, 2.75) is 24.3 Å². The lowest BCUT2D eigenvalue weighted by Crippen LogP contribution is -2.40. The molecule has 2 aromatic carbocycles. The quantitative estimate of drug-likeness (QED) is 0.480. The Bertz CT molecular complexity index is 1340. The van der Waals surface area contributed by atoms with Gasteiger partial charge in [0.25, 0.3) is 0 Å². The number of morpholine rings is 1. The number of anilines is 1. The zero-order chi connectivity index (χ0) is 25.8. The van der Waals surface area contributed by atoms with Gasteiger partial charge in [-0.25, -0.2) is 8.42 Å². The van der Waals surface area contributed by atoms with Gasteiger partial charge in [-0.05, 0) is 55.8 Å². The number of carbonyl (C=O) groups excluding carboxylic acids is 1. The maximum atomic E-state index is 13.0. The number of nitrogens with one attached hydrogen (secondary N) is 1. The van der Waals surface area contributed by atoms with Crippen LogP contribution in [0.1, 0.15) is 18.7 Å². The Kier molecular flexibility index (Phi) is 7.87. The van der Waals surface area contributed by atoms with Crippen LogP contribution in [-0.4, -0.2) is 73.1 Å². The van der Waals surface area contributed by atoms with Crippen LogP contribution in [0.15, 0.2) is 57.9 Å². The number of rotatable bonds is 7. The van der Waals surface area contributed by atoms with E-state index < -0.39 is 10.0 Å². The second-order valence-electron chi connectivity index (χ2n) is 9.10. The van der Waals surface area contributed by atoms with Crippen molar-refractivity contribution in [3.05, 3.63) is 59.4 Å². The highest BCUT2D eigenvalue weighted by Crippen LogP contribution is 2.26. The highest BCUT2D eigenvalue weighted by atomic mass is 35.5. The van der Waals surface area contributed by atoms with Gasteiger partial charge in [-0.15, -0.1) is 0 Å². The van der Waals surface area contributed by atoms with Gasteiger partial charge < -0.3 is 14.6 Å². The van der Waals surface area contributed by atoms with Crippen molar-refractivity contribution >= 4 is 33.2 Å². The Hall–Kier alpha value is -2.83. The molecular formula is C25H28ClN5O5S. The second-order valence-corrected chi connectivity index (χ2v) is 11.4. The van der Waals surface area contributed by atoms with Gasteiger partial charge in [0.05, 0.1) is 35.6 Å². The minimum absolute atomic E-state index is 0.101. The van der Waals surface area contributed by atoms with Gasteiger partial charge in [-0.1, -0.05) is 28.9 Å². The van der Waals surface area contributed by atoms with E-state index in [-0.39, 0.29) is 16.7 Å². The molecule has 2 saturated heterocycles. The number of hydrogen-bond acceptors (Lipinski definition) is 8. The average Bonchev–Trinajstić information content (AvgIpc) is 3.38. The molecular weight excluding hydrogens is 518 g/mol. The summed E-state index contributed by atoms with van der Waals surface area (Å²) >= 11 is 6.23. The van der Waals surface area contributed by atoms with Crippen molar-refractivity contribution in [2.24, 2.45) is 5.92 Å². The highest BCUT2D eigenvalue weighted by molar-refractivity contribution is 7.89. The number of sulfonamides is 1. The molecule has 3 heterocycles. The van der Waals surface area contributed by atoms with Crippen LogP contribution < -0.4 is 5.32 Å². The number of halogens is 1. The normalized spacial score (nSPS) is 19.5. The van der Waals surface area contributed by atoms with Crippen LogP contribution in [0.25, 0.3) is 11.4 Å². The first kappa shape index (κ1) is 25.8. The van der Waals surface area contributed by atoms with Crippen LogP contribution in [0.4, 0.5) is 5.69 Å². The maximum absolute atomic E-state index is 13.0. The zero-order valence-electron chi connectivity index (χ0n) is 20.2. The number of aromatic nitrogens is 2. The number of piperidine rings is 1. The van der Waals surface area contributed by atoms with Crippen LogP contribution in [-0.2, 0) is 26.1 Å². The van der Waals surface area contributed by atoms with Gasteiger partial charge in [-0.2, -0.15) is 9.29 Å². The van der Waals surface area contributed by atoms with Gasteiger partial charge in [0, 0.05) is 30.9 Å².